The lowest BCUT2D eigenvalue weighted by Gasteiger charge is -2.18. The third-order valence-electron chi connectivity index (χ3n) is 2.49. The first-order chi connectivity index (χ1) is 8.12. The van der Waals surface area contributed by atoms with Gasteiger partial charge in [0.15, 0.2) is 0 Å². The van der Waals surface area contributed by atoms with Gasteiger partial charge in [-0.3, -0.25) is 9.59 Å². The number of rotatable bonds is 3. The minimum atomic E-state index is -0.612. The minimum absolute atomic E-state index is 0.353. The first-order valence-electron chi connectivity index (χ1n) is 5.30. The topological polar surface area (TPSA) is 46.2 Å². The molecule has 17 heavy (non-hydrogen) atoms. The summed E-state index contributed by atoms with van der Waals surface area (Å²) in [6.45, 7) is 1.82. The van der Waals surface area contributed by atoms with Gasteiger partial charge in [-0.15, -0.1) is 23.5 Å². The molecule has 1 aromatic rings. The lowest BCUT2D eigenvalue weighted by atomic mass is 10.2. The molecule has 0 spiro atoms. The molecule has 5 heteroatoms. The van der Waals surface area contributed by atoms with Crippen LogP contribution in [0.15, 0.2) is 30.3 Å². The van der Waals surface area contributed by atoms with Crippen LogP contribution in [0.5, 0.6) is 0 Å². The zero-order chi connectivity index (χ0) is 12.3. The van der Waals surface area contributed by atoms with Crippen molar-refractivity contribution in [3.05, 3.63) is 30.3 Å². The Kier molecular flexibility index (Phi) is 3.79. The summed E-state index contributed by atoms with van der Waals surface area (Å²) in [7, 11) is 0. The normalized spacial score (nSPS) is 17.7. The second-order valence-corrected chi connectivity index (χ2v) is 7.08. The van der Waals surface area contributed by atoms with Crippen LogP contribution in [0, 0.1) is 0 Å². The van der Waals surface area contributed by atoms with E-state index >= 15 is 0 Å². The van der Waals surface area contributed by atoms with E-state index in [0.29, 0.717) is 5.69 Å². The van der Waals surface area contributed by atoms with Crippen molar-refractivity contribution >= 4 is 40.9 Å². The number of nitrogens with one attached hydrogen (secondary N) is 1. The first kappa shape index (κ1) is 12.5. The molecule has 1 aliphatic rings. The standard InChI is InChI=1S/C12H13NO2S2/c1-12(16-7-8-17-12)10(14)11(15)13-9-5-3-2-4-6-9/h2-6H,7-8H2,1H3,(H,13,15). The van der Waals surface area contributed by atoms with Crippen molar-refractivity contribution in [2.75, 3.05) is 16.8 Å². The molecule has 0 aromatic heterocycles. The number of para-hydroxylation sites is 1. The summed E-state index contributed by atoms with van der Waals surface area (Å²) >= 11 is 3.09. The van der Waals surface area contributed by atoms with Crippen molar-refractivity contribution in [1.82, 2.24) is 0 Å². The van der Waals surface area contributed by atoms with Crippen molar-refractivity contribution in [2.24, 2.45) is 0 Å². The number of ketones is 1. The zero-order valence-corrected chi connectivity index (χ0v) is 11.1. The Morgan fingerprint density at radius 3 is 2.35 bits per heavy atom. The predicted octanol–water partition coefficient (Wildman–Crippen LogP) is 2.39. The number of thioether (sulfide) groups is 2. The van der Waals surface area contributed by atoms with Crippen LogP contribution in [0.3, 0.4) is 0 Å². The molecular formula is C12H13NO2S2. The number of amides is 1. The van der Waals surface area contributed by atoms with Crippen LogP contribution in [0.1, 0.15) is 6.92 Å². The number of carbonyl (C=O) groups is 2. The molecule has 90 valence electrons. The molecular weight excluding hydrogens is 254 g/mol. The van der Waals surface area contributed by atoms with Gasteiger partial charge in [-0.1, -0.05) is 18.2 Å². The van der Waals surface area contributed by atoms with Crippen LogP contribution in [0.2, 0.25) is 0 Å². The van der Waals surface area contributed by atoms with E-state index in [1.165, 1.54) is 0 Å². The average Bonchev–Trinajstić information content (AvgIpc) is 2.78. The van der Waals surface area contributed by atoms with Crippen molar-refractivity contribution in [3.8, 4) is 0 Å². The molecule has 1 fully saturated rings. The highest BCUT2D eigenvalue weighted by atomic mass is 32.2. The second kappa shape index (κ2) is 5.14. The van der Waals surface area contributed by atoms with E-state index in [-0.39, 0.29) is 5.78 Å². The minimum Gasteiger partial charge on any atom is -0.319 e. The molecule has 0 unspecified atom stereocenters. The fraction of sp³-hybridized carbons (Fsp3) is 0.333. The number of hydrogen-bond acceptors (Lipinski definition) is 4. The van der Waals surface area contributed by atoms with Gasteiger partial charge in [0, 0.05) is 17.2 Å². The number of benzene rings is 1. The van der Waals surface area contributed by atoms with E-state index in [1.807, 2.05) is 25.1 Å². The highest BCUT2D eigenvalue weighted by Gasteiger charge is 2.41. The Morgan fingerprint density at radius 2 is 1.76 bits per heavy atom. The summed E-state index contributed by atoms with van der Waals surface area (Å²) in [6.07, 6.45) is 0. The summed E-state index contributed by atoms with van der Waals surface area (Å²) in [4.78, 5) is 23.8. The molecule has 0 radical (unpaired) electrons. The monoisotopic (exact) mass is 267 g/mol. The van der Waals surface area contributed by atoms with Gasteiger partial charge in [-0.2, -0.15) is 0 Å². The molecule has 2 rings (SSSR count). The van der Waals surface area contributed by atoms with Gasteiger partial charge in [0.1, 0.15) is 4.08 Å². The van der Waals surface area contributed by atoms with E-state index in [2.05, 4.69) is 5.32 Å². The van der Waals surface area contributed by atoms with E-state index in [1.54, 1.807) is 35.7 Å². The summed E-state index contributed by atoms with van der Waals surface area (Å²) in [6, 6.07) is 9.04. The Morgan fingerprint density at radius 1 is 1.18 bits per heavy atom. The molecule has 0 bridgehead atoms. The summed E-state index contributed by atoms with van der Waals surface area (Å²) < 4.78 is -0.612. The van der Waals surface area contributed by atoms with E-state index in [9.17, 15) is 9.59 Å². The number of anilines is 1. The number of Topliss-reactive ketones (excluding diaryl/α,β-unsaturated/α-hetero) is 1. The Bertz CT molecular complexity index is 427. The van der Waals surface area contributed by atoms with Crippen molar-refractivity contribution in [1.29, 1.82) is 0 Å². The van der Waals surface area contributed by atoms with Crippen LogP contribution in [0.25, 0.3) is 0 Å². The Hall–Kier alpha value is -0.940. The average molecular weight is 267 g/mol. The molecule has 1 N–H and O–H groups in total. The van der Waals surface area contributed by atoms with Crippen LogP contribution < -0.4 is 5.32 Å². The largest absolute Gasteiger partial charge is 0.319 e. The molecule has 1 aromatic carbocycles. The Labute approximate surface area is 109 Å². The van der Waals surface area contributed by atoms with Crippen molar-refractivity contribution in [3.63, 3.8) is 0 Å². The van der Waals surface area contributed by atoms with Crippen molar-refractivity contribution < 1.29 is 9.59 Å². The molecule has 1 saturated heterocycles. The highest BCUT2D eigenvalue weighted by Crippen LogP contribution is 2.44. The van der Waals surface area contributed by atoms with Crippen LogP contribution in [-0.2, 0) is 9.59 Å². The fourth-order valence-corrected chi connectivity index (χ4v) is 4.29. The first-order valence-corrected chi connectivity index (χ1v) is 7.28. The van der Waals surface area contributed by atoms with Gasteiger partial charge in [0.2, 0.25) is 5.78 Å². The molecule has 0 aliphatic carbocycles. The summed E-state index contributed by atoms with van der Waals surface area (Å²) in [5, 5.41) is 2.63. The quantitative estimate of drug-likeness (QED) is 0.854. The molecule has 1 amide bonds. The maximum Gasteiger partial charge on any atom is 0.294 e. The molecule has 0 atom stereocenters. The zero-order valence-electron chi connectivity index (χ0n) is 9.43. The summed E-state index contributed by atoms with van der Waals surface area (Å²) in [5.74, 6) is 0.964. The fourth-order valence-electron chi connectivity index (χ4n) is 1.56. The smallest absolute Gasteiger partial charge is 0.294 e. The van der Waals surface area contributed by atoms with Gasteiger partial charge < -0.3 is 5.32 Å². The van der Waals surface area contributed by atoms with Gasteiger partial charge in [0.05, 0.1) is 0 Å². The highest BCUT2D eigenvalue weighted by molar-refractivity contribution is 8.22. The van der Waals surface area contributed by atoms with Gasteiger partial charge in [-0.25, -0.2) is 0 Å². The van der Waals surface area contributed by atoms with Crippen LogP contribution >= 0.6 is 23.5 Å². The van der Waals surface area contributed by atoms with E-state index in [4.69, 9.17) is 0 Å². The summed E-state index contributed by atoms with van der Waals surface area (Å²) in [5.41, 5.74) is 0.655. The predicted molar refractivity (Wildman–Crippen MR) is 73.4 cm³/mol. The molecule has 1 heterocycles. The van der Waals surface area contributed by atoms with Gasteiger partial charge >= 0.3 is 0 Å². The van der Waals surface area contributed by atoms with Crippen LogP contribution in [0.4, 0.5) is 5.69 Å². The third kappa shape index (κ3) is 2.84. The molecule has 0 saturated carbocycles. The number of hydrogen-bond donors (Lipinski definition) is 1. The lowest BCUT2D eigenvalue weighted by molar-refractivity contribution is -0.134. The SMILES string of the molecule is CC1(C(=O)C(=O)Nc2ccccc2)SCCS1. The maximum atomic E-state index is 12.0. The maximum absolute atomic E-state index is 12.0. The lowest BCUT2D eigenvalue weighted by Crippen LogP contribution is -2.36. The third-order valence-corrected chi connectivity index (χ3v) is 5.74. The van der Waals surface area contributed by atoms with Gasteiger partial charge in [-0.05, 0) is 19.1 Å². The van der Waals surface area contributed by atoms with Crippen LogP contribution in [-0.4, -0.2) is 27.3 Å². The second-order valence-electron chi connectivity index (χ2n) is 3.79. The molecule has 3 nitrogen and oxygen atoms in total. The Balaban J connectivity index is 2.03. The number of carbonyl (C=O) groups excluding carboxylic acids is 2. The van der Waals surface area contributed by atoms with E-state index < -0.39 is 9.99 Å². The van der Waals surface area contributed by atoms with Gasteiger partial charge in [0.25, 0.3) is 5.91 Å². The van der Waals surface area contributed by atoms with Crippen molar-refractivity contribution in [2.45, 2.75) is 11.0 Å². The van der Waals surface area contributed by atoms with E-state index in [0.717, 1.165) is 11.5 Å². The molecule has 1 aliphatic heterocycles.